The second-order valence-electron chi connectivity index (χ2n) is 6.35. The first-order valence-corrected chi connectivity index (χ1v) is 8.86. The summed E-state index contributed by atoms with van der Waals surface area (Å²) in [7, 11) is 0. The quantitative estimate of drug-likeness (QED) is 0.912. The van der Waals surface area contributed by atoms with Crippen LogP contribution in [0.2, 0.25) is 0 Å². The molecule has 2 aromatic rings. The van der Waals surface area contributed by atoms with Crippen molar-refractivity contribution in [2.75, 3.05) is 6.54 Å². The topological polar surface area (TPSA) is 49.4 Å². The Kier molecular flexibility index (Phi) is 5.17. The molecule has 4 nitrogen and oxygen atoms in total. The van der Waals surface area contributed by atoms with Gasteiger partial charge in [0.05, 0.1) is 6.42 Å². The average Bonchev–Trinajstić information content (AvgIpc) is 2.65. The number of nitrogens with zero attached hydrogens (tertiary/aromatic N) is 1. The van der Waals surface area contributed by atoms with E-state index in [2.05, 4.69) is 24.4 Å². The number of hydrogen-bond acceptors (Lipinski definition) is 2. The second-order valence-corrected chi connectivity index (χ2v) is 6.35. The van der Waals surface area contributed by atoms with E-state index in [9.17, 15) is 9.59 Å². The maximum absolute atomic E-state index is 12.9. The highest BCUT2D eigenvalue weighted by molar-refractivity contribution is 5.92. The molecule has 25 heavy (non-hydrogen) atoms. The van der Waals surface area contributed by atoms with Crippen LogP contribution in [0.4, 0.5) is 0 Å². The third-order valence-electron chi connectivity index (χ3n) is 4.81. The van der Waals surface area contributed by atoms with Crippen molar-refractivity contribution in [3.8, 4) is 0 Å². The number of carbonyl (C=O) groups excluding carboxylic acids is 2. The number of carbonyl (C=O) groups is 2. The molecule has 0 radical (unpaired) electrons. The Labute approximate surface area is 148 Å². The number of likely N-dealkylation sites (N-methyl/N-ethyl adjacent to an activating group) is 1. The molecule has 130 valence electrons. The molecule has 2 amide bonds. The van der Waals surface area contributed by atoms with E-state index in [0.29, 0.717) is 19.5 Å². The first-order valence-electron chi connectivity index (χ1n) is 8.86. The molecule has 0 spiro atoms. The van der Waals surface area contributed by atoms with Crippen LogP contribution in [0.1, 0.15) is 42.1 Å². The first kappa shape index (κ1) is 17.2. The van der Waals surface area contributed by atoms with Crippen LogP contribution in [0.25, 0.3) is 0 Å². The van der Waals surface area contributed by atoms with Crippen molar-refractivity contribution in [2.45, 2.75) is 39.3 Å². The zero-order valence-electron chi connectivity index (χ0n) is 14.8. The molecule has 0 aliphatic carbocycles. The molecular weight excluding hydrogens is 312 g/mol. The number of rotatable bonds is 5. The minimum Gasteiger partial charge on any atom is -0.350 e. The largest absolute Gasteiger partial charge is 0.350 e. The van der Waals surface area contributed by atoms with E-state index in [0.717, 1.165) is 23.1 Å². The van der Waals surface area contributed by atoms with Gasteiger partial charge in [-0.05, 0) is 35.6 Å². The van der Waals surface area contributed by atoms with Gasteiger partial charge in [-0.1, -0.05) is 55.5 Å². The fraction of sp³-hybridized carbons (Fsp3) is 0.333. The van der Waals surface area contributed by atoms with Crippen molar-refractivity contribution in [3.63, 3.8) is 0 Å². The van der Waals surface area contributed by atoms with Gasteiger partial charge in [0.1, 0.15) is 6.04 Å². The van der Waals surface area contributed by atoms with Gasteiger partial charge in [0, 0.05) is 13.1 Å². The maximum Gasteiger partial charge on any atom is 0.247 e. The summed E-state index contributed by atoms with van der Waals surface area (Å²) in [6.45, 7) is 5.02. The Morgan fingerprint density at radius 3 is 2.44 bits per heavy atom. The molecule has 0 bridgehead atoms. The summed E-state index contributed by atoms with van der Waals surface area (Å²) >= 11 is 0. The van der Waals surface area contributed by atoms with E-state index in [4.69, 9.17) is 0 Å². The van der Waals surface area contributed by atoms with Gasteiger partial charge in [-0.2, -0.15) is 0 Å². The van der Waals surface area contributed by atoms with Crippen LogP contribution in [0, 0.1) is 0 Å². The Hall–Kier alpha value is -2.62. The van der Waals surface area contributed by atoms with Gasteiger partial charge in [-0.25, -0.2) is 0 Å². The van der Waals surface area contributed by atoms with Gasteiger partial charge in [-0.15, -0.1) is 0 Å². The molecular formula is C21H24N2O2. The monoisotopic (exact) mass is 336 g/mol. The molecule has 1 atom stereocenters. The molecule has 4 heteroatoms. The standard InChI is InChI=1S/C21H24N2O2/c1-3-15-9-11-16(12-10-15)14-22-21(25)20-18-8-6-5-7-17(18)13-19(24)23(20)4-2/h5-12,20H,3-4,13-14H2,1-2H3,(H,22,25). The van der Waals surface area contributed by atoms with Crippen molar-refractivity contribution in [2.24, 2.45) is 0 Å². The summed E-state index contributed by atoms with van der Waals surface area (Å²) in [5, 5.41) is 3.00. The summed E-state index contributed by atoms with van der Waals surface area (Å²) in [6.07, 6.45) is 1.37. The minimum absolute atomic E-state index is 0.00801. The lowest BCUT2D eigenvalue weighted by Crippen LogP contribution is -2.47. The van der Waals surface area contributed by atoms with Gasteiger partial charge < -0.3 is 10.2 Å². The van der Waals surface area contributed by atoms with Crippen molar-refractivity contribution < 1.29 is 9.59 Å². The van der Waals surface area contributed by atoms with Crippen LogP contribution in [0.15, 0.2) is 48.5 Å². The molecule has 0 fully saturated rings. The number of fused-ring (bicyclic) bond motifs is 1. The summed E-state index contributed by atoms with van der Waals surface area (Å²) in [4.78, 5) is 26.9. The highest BCUT2D eigenvalue weighted by atomic mass is 16.2. The van der Waals surface area contributed by atoms with Gasteiger partial charge in [0.2, 0.25) is 11.8 Å². The van der Waals surface area contributed by atoms with E-state index in [-0.39, 0.29) is 11.8 Å². The molecule has 2 aromatic carbocycles. The van der Waals surface area contributed by atoms with Crippen molar-refractivity contribution in [3.05, 3.63) is 70.8 Å². The summed E-state index contributed by atoms with van der Waals surface area (Å²) in [5.41, 5.74) is 4.22. The van der Waals surface area contributed by atoms with Crippen LogP contribution in [0.5, 0.6) is 0 Å². The summed E-state index contributed by atoms with van der Waals surface area (Å²) in [5.74, 6) is -0.115. The number of benzene rings is 2. The zero-order chi connectivity index (χ0) is 17.8. The third-order valence-corrected chi connectivity index (χ3v) is 4.81. The third kappa shape index (κ3) is 3.58. The predicted octanol–water partition coefficient (Wildman–Crippen LogP) is 3.01. The Morgan fingerprint density at radius 1 is 1.08 bits per heavy atom. The average molecular weight is 336 g/mol. The Bertz CT molecular complexity index is 768. The number of aryl methyl sites for hydroxylation is 1. The molecule has 0 saturated heterocycles. The molecule has 1 heterocycles. The Morgan fingerprint density at radius 2 is 1.76 bits per heavy atom. The zero-order valence-corrected chi connectivity index (χ0v) is 14.8. The van der Waals surface area contributed by atoms with E-state index < -0.39 is 6.04 Å². The van der Waals surface area contributed by atoms with Crippen LogP contribution in [0.3, 0.4) is 0 Å². The summed E-state index contributed by atoms with van der Waals surface area (Å²) in [6, 6.07) is 15.4. The Balaban J connectivity index is 1.78. The lowest BCUT2D eigenvalue weighted by atomic mass is 9.91. The van der Waals surface area contributed by atoms with E-state index in [1.165, 1.54) is 5.56 Å². The van der Waals surface area contributed by atoms with Crippen LogP contribution >= 0.6 is 0 Å². The molecule has 1 aliphatic heterocycles. The van der Waals surface area contributed by atoms with E-state index in [1.807, 2.05) is 43.3 Å². The number of amides is 2. The smallest absolute Gasteiger partial charge is 0.247 e. The molecule has 0 aromatic heterocycles. The van der Waals surface area contributed by atoms with Crippen molar-refractivity contribution >= 4 is 11.8 Å². The van der Waals surface area contributed by atoms with Crippen molar-refractivity contribution in [1.29, 1.82) is 0 Å². The van der Waals surface area contributed by atoms with Crippen molar-refractivity contribution in [1.82, 2.24) is 10.2 Å². The van der Waals surface area contributed by atoms with E-state index in [1.54, 1.807) is 4.90 Å². The van der Waals surface area contributed by atoms with E-state index >= 15 is 0 Å². The highest BCUT2D eigenvalue weighted by Crippen LogP contribution is 2.30. The fourth-order valence-electron chi connectivity index (χ4n) is 3.36. The number of nitrogens with one attached hydrogen (secondary N) is 1. The van der Waals surface area contributed by atoms with Gasteiger partial charge >= 0.3 is 0 Å². The molecule has 1 aliphatic rings. The lowest BCUT2D eigenvalue weighted by Gasteiger charge is -2.35. The molecule has 1 N–H and O–H groups in total. The second kappa shape index (κ2) is 7.51. The van der Waals surface area contributed by atoms with Crippen LogP contribution in [-0.2, 0) is 29.0 Å². The fourth-order valence-corrected chi connectivity index (χ4v) is 3.36. The summed E-state index contributed by atoms with van der Waals surface area (Å²) < 4.78 is 0. The normalized spacial score (nSPS) is 16.5. The van der Waals surface area contributed by atoms with Crippen LogP contribution in [-0.4, -0.2) is 23.3 Å². The molecule has 1 unspecified atom stereocenters. The van der Waals surface area contributed by atoms with Gasteiger partial charge in [0.15, 0.2) is 0 Å². The van der Waals surface area contributed by atoms with Gasteiger partial charge in [0.25, 0.3) is 0 Å². The van der Waals surface area contributed by atoms with Crippen LogP contribution < -0.4 is 5.32 Å². The highest BCUT2D eigenvalue weighted by Gasteiger charge is 2.35. The van der Waals surface area contributed by atoms with Gasteiger partial charge in [-0.3, -0.25) is 9.59 Å². The predicted molar refractivity (Wildman–Crippen MR) is 97.9 cm³/mol. The number of hydrogen-bond donors (Lipinski definition) is 1. The SMILES string of the molecule is CCc1ccc(CNC(=O)C2c3ccccc3CC(=O)N2CC)cc1. The lowest BCUT2D eigenvalue weighted by molar-refractivity contribution is -0.141. The molecule has 0 saturated carbocycles. The minimum atomic E-state index is -0.544. The first-order chi connectivity index (χ1) is 12.1. The maximum atomic E-state index is 12.9. The molecule has 3 rings (SSSR count).